The standard InChI is InChI=1S/C6H5N3.Ag.H3N/c1-2-4-6-5(3-1)7-9-8-6;;/h1-4H,(H,7,8,9);;1H3/q;+1;. The van der Waals surface area contributed by atoms with Crippen molar-refractivity contribution >= 4 is 11.0 Å². The van der Waals surface area contributed by atoms with Crippen LogP contribution in [-0.4, -0.2) is 15.4 Å². The Hall–Kier alpha value is -0.680. The Morgan fingerprint density at radius 1 is 1.00 bits per heavy atom. The molecule has 4 N–H and O–H groups in total. The molecule has 0 aliphatic heterocycles. The van der Waals surface area contributed by atoms with E-state index < -0.39 is 0 Å². The summed E-state index contributed by atoms with van der Waals surface area (Å²) in [6.07, 6.45) is 0. The van der Waals surface area contributed by atoms with Crippen molar-refractivity contribution in [1.82, 2.24) is 21.6 Å². The normalized spacial score (nSPS) is 8.36. The number of rotatable bonds is 0. The van der Waals surface area contributed by atoms with Gasteiger partial charge in [-0.15, -0.1) is 0 Å². The first kappa shape index (κ1) is 10.3. The van der Waals surface area contributed by atoms with Crippen LogP contribution in [0, 0.1) is 0 Å². The first-order valence-electron chi connectivity index (χ1n) is 2.72. The van der Waals surface area contributed by atoms with Gasteiger partial charge in [0.15, 0.2) is 0 Å². The molecule has 0 unspecified atom stereocenters. The number of hydrogen-bond donors (Lipinski definition) is 2. The molecule has 0 bridgehead atoms. The van der Waals surface area contributed by atoms with Crippen molar-refractivity contribution in [3.63, 3.8) is 0 Å². The molecule has 11 heavy (non-hydrogen) atoms. The summed E-state index contributed by atoms with van der Waals surface area (Å²) in [6.45, 7) is 0. The van der Waals surface area contributed by atoms with Gasteiger partial charge < -0.3 is 6.15 Å². The Morgan fingerprint density at radius 2 is 1.45 bits per heavy atom. The van der Waals surface area contributed by atoms with E-state index in [1.807, 2.05) is 24.3 Å². The van der Waals surface area contributed by atoms with Crippen LogP contribution >= 0.6 is 0 Å². The van der Waals surface area contributed by atoms with Gasteiger partial charge in [0.05, 0.1) is 0 Å². The van der Waals surface area contributed by atoms with E-state index in [2.05, 4.69) is 15.4 Å². The summed E-state index contributed by atoms with van der Waals surface area (Å²) < 4.78 is 0. The van der Waals surface area contributed by atoms with E-state index in [9.17, 15) is 0 Å². The van der Waals surface area contributed by atoms with E-state index in [0.29, 0.717) is 0 Å². The van der Waals surface area contributed by atoms with Gasteiger partial charge in [-0.05, 0) is 12.1 Å². The topological polar surface area (TPSA) is 76.6 Å². The van der Waals surface area contributed by atoms with Gasteiger partial charge >= 0.3 is 22.4 Å². The molecule has 0 spiro atoms. The van der Waals surface area contributed by atoms with E-state index in [1.54, 1.807) is 0 Å². The van der Waals surface area contributed by atoms with E-state index in [0.717, 1.165) is 11.0 Å². The Bertz CT molecular complexity index is 289. The molecule has 0 saturated heterocycles. The number of benzene rings is 1. The maximum Gasteiger partial charge on any atom is 1.00 e. The number of H-pyrrole nitrogens is 1. The summed E-state index contributed by atoms with van der Waals surface area (Å²) in [6, 6.07) is 7.70. The Morgan fingerprint density at radius 3 is 1.91 bits per heavy atom. The summed E-state index contributed by atoms with van der Waals surface area (Å²) in [5.74, 6) is 0. The molecule has 62 valence electrons. The number of para-hydroxylation sites is 2. The van der Waals surface area contributed by atoms with E-state index in [-0.39, 0.29) is 28.5 Å². The minimum absolute atomic E-state index is 0. The maximum atomic E-state index is 3.88. The summed E-state index contributed by atoms with van der Waals surface area (Å²) >= 11 is 0. The molecule has 0 aliphatic rings. The van der Waals surface area contributed by atoms with E-state index in [1.165, 1.54) is 0 Å². The van der Waals surface area contributed by atoms with Crippen LogP contribution in [0.1, 0.15) is 0 Å². The van der Waals surface area contributed by atoms with Crippen molar-refractivity contribution < 1.29 is 22.4 Å². The molecule has 1 aromatic heterocycles. The molecule has 5 heteroatoms. The molecule has 0 atom stereocenters. The van der Waals surface area contributed by atoms with Crippen molar-refractivity contribution in [2.75, 3.05) is 0 Å². The van der Waals surface area contributed by atoms with E-state index >= 15 is 0 Å². The summed E-state index contributed by atoms with van der Waals surface area (Å²) in [5.41, 5.74) is 1.83. The first-order valence-corrected chi connectivity index (χ1v) is 2.72. The molecule has 0 radical (unpaired) electrons. The SMILES string of the molecule is N.[Ag+].c1ccc2n[nH]nc2c1. The third kappa shape index (κ3) is 1.88. The number of aromatic nitrogens is 3. The zero-order valence-corrected chi connectivity index (χ0v) is 7.19. The van der Waals surface area contributed by atoms with Crippen LogP contribution < -0.4 is 6.15 Å². The van der Waals surface area contributed by atoms with Gasteiger partial charge in [-0.25, -0.2) is 0 Å². The summed E-state index contributed by atoms with van der Waals surface area (Å²) in [4.78, 5) is 0. The first-order chi connectivity index (χ1) is 4.47. The molecular weight excluding hydrogens is 236 g/mol. The Balaban J connectivity index is 0.000000500. The zero-order chi connectivity index (χ0) is 6.10. The number of hydrogen-bond acceptors (Lipinski definition) is 3. The average Bonchev–Trinajstić information content (AvgIpc) is 2.33. The van der Waals surface area contributed by atoms with Gasteiger partial charge in [0, 0.05) is 0 Å². The van der Waals surface area contributed by atoms with Crippen molar-refractivity contribution in [2.45, 2.75) is 0 Å². The summed E-state index contributed by atoms with van der Waals surface area (Å²) in [7, 11) is 0. The van der Waals surface area contributed by atoms with Crippen LogP contribution in [0.2, 0.25) is 0 Å². The molecule has 1 aromatic carbocycles. The molecular formula is C6H8AgN4+. The molecule has 0 saturated carbocycles. The van der Waals surface area contributed by atoms with Crippen LogP contribution in [0.25, 0.3) is 11.0 Å². The van der Waals surface area contributed by atoms with Gasteiger partial charge in [0.2, 0.25) is 0 Å². The van der Waals surface area contributed by atoms with E-state index in [4.69, 9.17) is 0 Å². The maximum absolute atomic E-state index is 3.88. The molecule has 0 aliphatic carbocycles. The molecule has 0 amide bonds. The van der Waals surface area contributed by atoms with Crippen LogP contribution in [0.5, 0.6) is 0 Å². The Kier molecular flexibility index (Phi) is 3.99. The zero-order valence-electron chi connectivity index (χ0n) is 5.71. The second kappa shape index (κ2) is 4.25. The van der Waals surface area contributed by atoms with Crippen molar-refractivity contribution in [3.8, 4) is 0 Å². The third-order valence-corrected chi connectivity index (χ3v) is 1.22. The monoisotopic (exact) mass is 243 g/mol. The number of aromatic amines is 1. The summed E-state index contributed by atoms with van der Waals surface area (Å²) in [5, 5.41) is 10.3. The van der Waals surface area contributed by atoms with Gasteiger partial charge in [0.25, 0.3) is 0 Å². The third-order valence-electron chi connectivity index (χ3n) is 1.22. The van der Waals surface area contributed by atoms with Gasteiger partial charge in [-0.2, -0.15) is 15.4 Å². The quantitative estimate of drug-likeness (QED) is 0.681. The largest absolute Gasteiger partial charge is 1.00 e. The average molecular weight is 244 g/mol. The number of nitrogens with one attached hydrogen (secondary N) is 1. The molecule has 2 aromatic rings. The second-order valence-corrected chi connectivity index (χ2v) is 1.81. The van der Waals surface area contributed by atoms with Crippen LogP contribution in [0.3, 0.4) is 0 Å². The molecule has 4 nitrogen and oxygen atoms in total. The van der Waals surface area contributed by atoms with Crippen LogP contribution in [0.4, 0.5) is 0 Å². The fourth-order valence-corrected chi connectivity index (χ4v) is 0.786. The number of nitrogens with zero attached hydrogens (tertiary/aromatic N) is 2. The Labute approximate surface area is 79.5 Å². The van der Waals surface area contributed by atoms with Gasteiger partial charge in [0.1, 0.15) is 11.0 Å². The predicted molar refractivity (Wildman–Crippen MR) is 38.9 cm³/mol. The van der Waals surface area contributed by atoms with Gasteiger partial charge in [-0.1, -0.05) is 12.1 Å². The number of fused-ring (bicyclic) bond motifs is 1. The smallest absolute Gasteiger partial charge is 0.344 e. The second-order valence-electron chi connectivity index (χ2n) is 1.81. The minimum atomic E-state index is 0. The molecule has 1 heterocycles. The van der Waals surface area contributed by atoms with Crippen LogP contribution in [-0.2, 0) is 22.4 Å². The van der Waals surface area contributed by atoms with Crippen molar-refractivity contribution in [3.05, 3.63) is 24.3 Å². The fraction of sp³-hybridized carbons (Fsp3) is 0. The molecule has 0 fully saturated rings. The molecule has 2 rings (SSSR count). The fourth-order valence-electron chi connectivity index (χ4n) is 0.786. The van der Waals surface area contributed by atoms with Gasteiger partial charge in [-0.3, -0.25) is 0 Å². The van der Waals surface area contributed by atoms with Crippen molar-refractivity contribution in [2.24, 2.45) is 0 Å². The predicted octanol–water partition coefficient (Wildman–Crippen LogP) is 1.12. The minimum Gasteiger partial charge on any atom is -0.344 e. The van der Waals surface area contributed by atoms with Crippen molar-refractivity contribution in [1.29, 1.82) is 0 Å². The van der Waals surface area contributed by atoms with Crippen LogP contribution in [0.15, 0.2) is 24.3 Å².